The molecule has 6 nitrogen and oxygen atoms in total. The van der Waals surface area contributed by atoms with E-state index in [2.05, 4.69) is 5.32 Å². The fraction of sp³-hybridized carbons (Fsp3) is 0.435. The van der Waals surface area contributed by atoms with Crippen molar-refractivity contribution in [3.8, 4) is 17.2 Å². The fourth-order valence-corrected chi connectivity index (χ4v) is 3.58. The number of nitrogens with two attached hydrogens (primary N) is 1. The van der Waals surface area contributed by atoms with Gasteiger partial charge < -0.3 is 25.3 Å². The lowest BCUT2D eigenvalue weighted by Crippen LogP contribution is -2.74. The summed E-state index contributed by atoms with van der Waals surface area (Å²) in [5.74, 6) is 2.00. The van der Waals surface area contributed by atoms with Gasteiger partial charge >= 0.3 is 0 Å². The molecule has 0 radical (unpaired) electrons. The van der Waals surface area contributed by atoms with Crippen LogP contribution in [0.4, 0.5) is 5.69 Å². The quantitative estimate of drug-likeness (QED) is 0.625. The Morgan fingerprint density at radius 3 is 2.03 bits per heavy atom. The molecule has 0 heterocycles. The van der Waals surface area contributed by atoms with Gasteiger partial charge in [0.25, 0.3) is 0 Å². The second-order valence-electron chi connectivity index (χ2n) is 7.83. The van der Waals surface area contributed by atoms with Crippen molar-refractivity contribution in [1.29, 1.82) is 0 Å². The molecule has 2 unspecified atom stereocenters. The van der Waals surface area contributed by atoms with Crippen molar-refractivity contribution in [2.24, 2.45) is 11.1 Å². The predicted octanol–water partition coefficient (Wildman–Crippen LogP) is 4.77. The van der Waals surface area contributed by atoms with Crippen LogP contribution in [0, 0.1) is 5.41 Å². The van der Waals surface area contributed by atoms with E-state index in [1.807, 2.05) is 64.1 Å². The smallest absolute Gasteiger partial charge is 0.245 e. The average Bonchev–Trinajstić information content (AvgIpc) is 2.70. The molecule has 1 aliphatic rings. The molecule has 2 aromatic rings. The standard InChI is InChI=1S/C23H30N2O4.ClH/c1-5-27-17-11-13-19(14-12-17)29-18-9-7-16(8-10-18)25-21(26)23(24)15-20(28-6-2)22(23,3)4;/h7-14,20H,5-6,15,24H2,1-4H3,(H,25,26);1H. The minimum Gasteiger partial charge on any atom is -0.494 e. The van der Waals surface area contributed by atoms with Gasteiger partial charge in [-0.1, -0.05) is 13.8 Å². The number of hydrogen-bond donors (Lipinski definition) is 2. The first-order valence-electron chi connectivity index (χ1n) is 10.0. The number of carbonyl (C=O) groups excluding carboxylic acids is 1. The van der Waals surface area contributed by atoms with Crippen molar-refractivity contribution in [2.45, 2.75) is 45.8 Å². The van der Waals surface area contributed by atoms with E-state index in [9.17, 15) is 4.79 Å². The molecule has 0 aliphatic heterocycles. The van der Waals surface area contributed by atoms with Gasteiger partial charge in [0.15, 0.2) is 0 Å². The second kappa shape index (κ2) is 9.69. The van der Waals surface area contributed by atoms with Gasteiger partial charge in [0, 0.05) is 24.1 Å². The summed E-state index contributed by atoms with van der Waals surface area (Å²) in [5.41, 5.74) is 5.73. The first-order chi connectivity index (χ1) is 13.8. The monoisotopic (exact) mass is 434 g/mol. The molecule has 0 spiro atoms. The topological polar surface area (TPSA) is 82.8 Å². The molecule has 1 saturated carbocycles. The SMILES string of the molecule is CCOc1ccc(Oc2ccc(NC(=O)C3(N)CC(OCC)C3(C)C)cc2)cc1.Cl. The van der Waals surface area contributed by atoms with Crippen molar-refractivity contribution in [2.75, 3.05) is 18.5 Å². The molecule has 2 aromatic carbocycles. The van der Waals surface area contributed by atoms with Gasteiger partial charge in [0.2, 0.25) is 5.91 Å². The lowest BCUT2D eigenvalue weighted by atomic mass is 9.54. The first kappa shape index (κ1) is 24.0. The third-order valence-corrected chi connectivity index (χ3v) is 5.72. The Labute approximate surface area is 184 Å². The summed E-state index contributed by atoms with van der Waals surface area (Å²) in [5, 5.41) is 2.92. The highest BCUT2D eigenvalue weighted by Gasteiger charge is 2.62. The molecule has 0 saturated heterocycles. The number of nitrogens with one attached hydrogen (secondary N) is 1. The average molecular weight is 435 g/mol. The minimum atomic E-state index is -0.954. The van der Waals surface area contributed by atoms with E-state index in [4.69, 9.17) is 19.9 Å². The molecular formula is C23H31ClN2O4. The Hall–Kier alpha value is -2.28. The van der Waals surface area contributed by atoms with Crippen LogP contribution in [0.3, 0.4) is 0 Å². The summed E-state index contributed by atoms with van der Waals surface area (Å²) >= 11 is 0. The van der Waals surface area contributed by atoms with Gasteiger partial charge in [-0.25, -0.2) is 0 Å². The zero-order valence-corrected chi connectivity index (χ0v) is 18.8. The van der Waals surface area contributed by atoms with Crippen LogP contribution in [0.5, 0.6) is 17.2 Å². The molecule has 1 aliphatic carbocycles. The third-order valence-electron chi connectivity index (χ3n) is 5.72. The van der Waals surface area contributed by atoms with Crippen molar-refractivity contribution >= 4 is 24.0 Å². The molecule has 30 heavy (non-hydrogen) atoms. The third kappa shape index (κ3) is 4.72. The molecular weight excluding hydrogens is 404 g/mol. The predicted molar refractivity (Wildman–Crippen MR) is 121 cm³/mol. The number of ether oxygens (including phenoxy) is 3. The summed E-state index contributed by atoms with van der Waals surface area (Å²) in [6, 6.07) is 14.7. The highest BCUT2D eigenvalue weighted by Crippen LogP contribution is 2.50. The number of amides is 1. The maximum Gasteiger partial charge on any atom is 0.245 e. The van der Waals surface area contributed by atoms with Crippen molar-refractivity contribution in [3.63, 3.8) is 0 Å². The van der Waals surface area contributed by atoms with E-state index >= 15 is 0 Å². The van der Waals surface area contributed by atoms with Crippen molar-refractivity contribution < 1.29 is 19.0 Å². The molecule has 164 valence electrons. The van der Waals surface area contributed by atoms with Gasteiger partial charge in [-0.05, 0) is 62.4 Å². The Morgan fingerprint density at radius 1 is 1.00 bits per heavy atom. The van der Waals surface area contributed by atoms with E-state index in [1.54, 1.807) is 12.1 Å². The normalized spacial score (nSPS) is 21.7. The van der Waals surface area contributed by atoms with Crippen LogP contribution >= 0.6 is 12.4 Å². The number of rotatable bonds is 8. The van der Waals surface area contributed by atoms with Gasteiger partial charge in [0.1, 0.15) is 22.8 Å². The lowest BCUT2D eigenvalue weighted by Gasteiger charge is -2.57. The van der Waals surface area contributed by atoms with Crippen LogP contribution in [-0.2, 0) is 9.53 Å². The molecule has 3 N–H and O–H groups in total. The van der Waals surface area contributed by atoms with E-state index in [1.165, 1.54) is 0 Å². The van der Waals surface area contributed by atoms with Crippen molar-refractivity contribution in [1.82, 2.24) is 0 Å². The number of benzene rings is 2. The van der Waals surface area contributed by atoms with E-state index in [0.717, 1.165) is 5.75 Å². The first-order valence-corrected chi connectivity index (χ1v) is 10.0. The fourth-order valence-electron chi connectivity index (χ4n) is 3.58. The Morgan fingerprint density at radius 2 is 1.53 bits per heavy atom. The van der Waals surface area contributed by atoms with Crippen LogP contribution in [0.15, 0.2) is 48.5 Å². The Balaban J connectivity index is 0.00000320. The summed E-state index contributed by atoms with van der Waals surface area (Å²) in [6.07, 6.45) is 0.506. The van der Waals surface area contributed by atoms with Crippen LogP contribution in [0.2, 0.25) is 0 Å². The summed E-state index contributed by atoms with van der Waals surface area (Å²) in [6.45, 7) is 9.08. The van der Waals surface area contributed by atoms with Crippen LogP contribution in [-0.4, -0.2) is 30.8 Å². The van der Waals surface area contributed by atoms with Crippen LogP contribution in [0.25, 0.3) is 0 Å². The largest absolute Gasteiger partial charge is 0.494 e. The summed E-state index contributed by atoms with van der Waals surface area (Å²) < 4.78 is 17.0. The lowest BCUT2D eigenvalue weighted by molar-refractivity contribution is -0.166. The van der Waals surface area contributed by atoms with E-state index < -0.39 is 11.0 Å². The van der Waals surface area contributed by atoms with Gasteiger partial charge in [-0.15, -0.1) is 12.4 Å². The summed E-state index contributed by atoms with van der Waals surface area (Å²) in [7, 11) is 0. The van der Waals surface area contributed by atoms with E-state index in [0.29, 0.717) is 36.8 Å². The highest BCUT2D eigenvalue weighted by molar-refractivity contribution is 5.99. The highest BCUT2D eigenvalue weighted by atomic mass is 35.5. The molecule has 1 fully saturated rings. The number of carbonyl (C=O) groups is 1. The molecule has 7 heteroatoms. The van der Waals surface area contributed by atoms with Crippen LogP contribution in [0.1, 0.15) is 34.1 Å². The number of anilines is 1. The zero-order chi connectivity index (χ0) is 21.1. The molecule has 3 rings (SSSR count). The molecule has 1 amide bonds. The van der Waals surface area contributed by atoms with Gasteiger partial charge in [0.05, 0.1) is 12.7 Å². The number of hydrogen-bond acceptors (Lipinski definition) is 5. The molecule has 0 aromatic heterocycles. The summed E-state index contributed by atoms with van der Waals surface area (Å²) in [4.78, 5) is 12.8. The molecule has 0 bridgehead atoms. The molecule has 2 atom stereocenters. The zero-order valence-electron chi connectivity index (χ0n) is 17.9. The second-order valence-corrected chi connectivity index (χ2v) is 7.83. The van der Waals surface area contributed by atoms with Gasteiger partial charge in [-0.2, -0.15) is 0 Å². The van der Waals surface area contributed by atoms with Crippen LogP contribution < -0.4 is 20.5 Å². The number of halogens is 1. The Kier molecular flexibility index (Phi) is 7.75. The maximum absolute atomic E-state index is 12.8. The minimum absolute atomic E-state index is 0. The Bertz CT molecular complexity index is 839. The van der Waals surface area contributed by atoms with Gasteiger partial charge in [-0.3, -0.25) is 4.79 Å². The maximum atomic E-state index is 12.8. The van der Waals surface area contributed by atoms with E-state index in [-0.39, 0.29) is 24.4 Å². The van der Waals surface area contributed by atoms with Crippen molar-refractivity contribution in [3.05, 3.63) is 48.5 Å².